The molecule has 1 aromatic rings. The molecule has 0 aliphatic carbocycles. The smallest absolute Gasteiger partial charge is 0.372 e. The average molecular weight is 238 g/mol. The van der Waals surface area contributed by atoms with Crippen LogP contribution in [0.25, 0.3) is 0 Å². The van der Waals surface area contributed by atoms with E-state index in [1.807, 2.05) is 0 Å². The molecule has 7 nitrogen and oxygen atoms in total. The van der Waals surface area contributed by atoms with Crippen molar-refractivity contribution in [3.05, 3.63) is 23.2 Å². The van der Waals surface area contributed by atoms with E-state index in [4.69, 9.17) is 9.52 Å². The molecule has 0 radical (unpaired) electrons. The summed E-state index contributed by atoms with van der Waals surface area (Å²) in [5.41, 5.74) is 0.458. The first-order valence-electron chi connectivity index (χ1n) is 4.90. The highest BCUT2D eigenvalue weighted by Gasteiger charge is 2.29. The van der Waals surface area contributed by atoms with Crippen LogP contribution in [0.2, 0.25) is 0 Å². The summed E-state index contributed by atoms with van der Waals surface area (Å²) in [6, 6.07) is 1.00. The standard InChI is InChI=1S/C10H10N2O5/c1-5-2-6(17-8(5)9(14)15)4-12-7(13)3-11-10(12)16/h2H,3-4H2,1H3,(H,11,16)(H,14,15). The van der Waals surface area contributed by atoms with Crippen molar-refractivity contribution in [1.82, 2.24) is 10.2 Å². The Labute approximate surface area is 96.0 Å². The SMILES string of the molecule is Cc1cc(CN2C(=O)CNC2=O)oc1C(=O)O. The summed E-state index contributed by atoms with van der Waals surface area (Å²) in [4.78, 5) is 34.3. The van der Waals surface area contributed by atoms with Gasteiger partial charge in [-0.2, -0.15) is 0 Å². The molecular weight excluding hydrogens is 228 g/mol. The van der Waals surface area contributed by atoms with E-state index in [9.17, 15) is 14.4 Å². The lowest BCUT2D eigenvalue weighted by Crippen LogP contribution is -2.30. The van der Waals surface area contributed by atoms with Gasteiger partial charge in [0.1, 0.15) is 5.76 Å². The highest BCUT2D eigenvalue weighted by Crippen LogP contribution is 2.17. The summed E-state index contributed by atoms with van der Waals surface area (Å²) in [6.07, 6.45) is 0. The predicted octanol–water partition coefficient (Wildman–Crippen LogP) is 0.338. The highest BCUT2D eigenvalue weighted by molar-refractivity contribution is 6.01. The number of amides is 3. The second kappa shape index (κ2) is 3.93. The predicted molar refractivity (Wildman–Crippen MR) is 54.4 cm³/mol. The normalized spacial score (nSPS) is 15.2. The molecule has 0 atom stereocenters. The van der Waals surface area contributed by atoms with E-state index < -0.39 is 12.0 Å². The molecule has 0 aromatic carbocycles. The molecule has 3 amide bonds. The number of aromatic carboxylic acids is 1. The number of carboxylic acids is 1. The summed E-state index contributed by atoms with van der Waals surface area (Å²) in [7, 11) is 0. The molecule has 2 rings (SSSR count). The van der Waals surface area contributed by atoms with E-state index in [0.29, 0.717) is 5.56 Å². The van der Waals surface area contributed by atoms with Crippen LogP contribution >= 0.6 is 0 Å². The minimum absolute atomic E-state index is 0.0374. The third-order valence-corrected chi connectivity index (χ3v) is 2.41. The number of furan rings is 1. The third kappa shape index (κ3) is 1.99. The van der Waals surface area contributed by atoms with Crippen LogP contribution in [0.5, 0.6) is 0 Å². The van der Waals surface area contributed by atoms with Gasteiger partial charge in [-0.15, -0.1) is 0 Å². The second-order valence-electron chi connectivity index (χ2n) is 3.67. The lowest BCUT2D eigenvalue weighted by molar-refractivity contribution is -0.125. The van der Waals surface area contributed by atoms with Gasteiger partial charge in [-0.3, -0.25) is 9.69 Å². The summed E-state index contributed by atoms with van der Waals surface area (Å²) < 4.78 is 5.06. The largest absolute Gasteiger partial charge is 0.475 e. The van der Waals surface area contributed by atoms with Gasteiger partial charge in [-0.25, -0.2) is 9.59 Å². The number of imide groups is 1. The quantitative estimate of drug-likeness (QED) is 0.739. The molecule has 0 saturated carbocycles. The van der Waals surface area contributed by atoms with Crippen LogP contribution in [0.3, 0.4) is 0 Å². The molecule has 2 N–H and O–H groups in total. The van der Waals surface area contributed by atoms with Gasteiger partial charge in [0, 0.05) is 5.56 Å². The Balaban J connectivity index is 2.19. The molecule has 0 spiro atoms. The number of aryl methyl sites for hydroxylation is 1. The number of carboxylic acid groups (broad SMARTS) is 1. The number of hydrogen-bond acceptors (Lipinski definition) is 4. The third-order valence-electron chi connectivity index (χ3n) is 2.41. The Morgan fingerprint density at radius 1 is 1.59 bits per heavy atom. The monoisotopic (exact) mass is 238 g/mol. The topological polar surface area (TPSA) is 99.9 Å². The van der Waals surface area contributed by atoms with E-state index in [1.165, 1.54) is 6.07 Å². The minimum atomic E-state index is -1.18. The maximum atomic E-state index is 11.3. The van der Waals surface area contributed by atoms with Gasteiger partial charge in [0.2, 0.25) is 11.7 Å². The molecule has 17 heavy (non-hydrogen) atoms. The molecule has 90 valence electrons. The van der Waals surface area contributed by atoms with Crippen molar-refractivity contribution in [3.8, 4) is 0 Å². The van der Waals surface area contributed by atoms with Gasteiger partial charge < -0.3 is 14.8 Å². The summed E-state index contributed by atoms with van der Waals surface area (Å²) >= 11 is 0. The molecule has 1 aliphatic rings. The number of carbonyl (C=O) groups is 3. The first-order valence-corrected chi connectivity index (χ1v) is 4.90. The van der Waals surface area contributed by atoms with E-state index in [-0.39, 0.29) is 30.5 Å². The molecule has 1 aromatic heterocycles. The zero-order valence-electron chi connectivity index (χ0n) is 9.02. The maximum absolute atomic E-state index is 11.3. The second-order valence-corrected chi connectivity index (χ2v) is 3.67. The summed E-state index contributed by atoms with van der Waals surface area (Å²) in [5.74, 6) is -1.44. The minimum Gasteiger partial charge on any atom is -0.475 e. The summed E-state index contributed by atoms with van der Waals surface area (Å²) in [6.45, 7) is 1.49. The molecule has 1 aliphatic heterocycles. The Bertz CT molecular complexity index is 489. The molecule has 0 unspecified atom stereocenters. The molecular formula is C10H10N2O5. The van der Waals surface area contributed by atoms with Crippen LogP contribution < -0.4 is 5.32 Å². The van der Waals surface area contributed by atoms with Crippen molar-refractivity contribution >= 4 is 17.9 Å². The van der Waals surface area contributed by atoms with Crippen LogP contribution in [0.1, 0.15) is 21.9 Å². The van der Waals surface area contributed by atoms with Crippen LogP contribution in [-0.2, 0) is 11.3 Å². The molecule has 1 fully saturated rings. The zero-order valence-corrected chi connectivity index (χ0v) is 9.02. The lowest BCUT2D eigenvalue weighted by atomic mass is 10.2. The molecule has 0 bridgehead atoms. The van der Waals surface area contributed by atoms with Gasteiger partial charge in [0.15, 0.2) is 0 Å². The van der Waals surface area contributed by atoms with Gasteiger partial charge in [-0.05, 0) is 13.0 Å². The van der Waals surface area contributed by atoms with Gasteiger partial charge in [-0.1, -0.05) is 0 Å². The van der Waals surface area contributed by atoms with E-state index in [0.717, 1.165) is 4.90 Å². The fourth-order valence-electron chi connectivity index (χ4n) is 1.61. The first kappa shape index (κ1) is 11.2. The fourth-order valence-corrected chi connectivity index (χ4v) is 1.61. The van der Waals surface area contributed by atoms with Crippen molar-refractivity contribution in [3.63, 3.8) is 0 Å². The van der Waals surface area contributed by atoms with E-state index in [2.05, 4.69) is 5.32 Å². The molecule has 1 saturated heterocycles. The lowest BCUT2D eigenvalue weighted by Gasteiger charge is -2.09. The Morgan fingerprint density at radius 3 is 2.76 bits per heavy atom. The Hall–Kier alpha value is -2.31. The van der Waals surface area contributed by atoms with Crippen LogP contribution in [0.15, 0.2) is 10.5 Å². The number of rotatable bonds is 3. The number of nitrogens with zero attached hydrogens (tertiary/aromatic N) is 1. The number of nitrogens with one attached hydrogen (secondary N) is 1. The van der Waals surface area contributed by atoms with Crippen molar-refractivity contribution in [2.45, 2.75) is 13.5 Å². The Kier molecular flexibility index (Phi) is 2.58. The molecule has 7 heteroatoms. The average Bonchev–Trinajstić information content (AvgIpc) is 2.76. The number of hydrogen-bond donors (Lipinski definition) is 2. The van der Waals surface area contributed by atoms with E-state index >= 15 is 0 Å². The highest BCUT2D eigenvalue weighted by atomic mass is 16.4. The number of carbonyl (C=O) groups excluding carboxylic acids is 2. The number of urea groups is 1. The zero-order chi connectivity index (χ0) is 12.6. The van der Waals surface area contributed by atoms with Crippen molar-refractivity contribution in [2.24, 2.45) is 0 Å². The van der Waals surface area contributed by atoms with Crippen molar-refractivity contribution in [1.29, 1.82) is 0 Å². The van der Waals surface area contributed by atoms with Crippen molar-refractivity contribution < 1.29 is 23.9 Å². The Morgan fingerprint density at radius 2 is 2.29 bits per heavy atom. The van der Waals surface area contributed by atoms with Crippen LogP contribution in [-0.4, -0.2) is 34.5 Å². The molecule has 2 heterocycles. The first-order chi connectivity index (χ1) is 7.99. The van der Waals surface area contributed by atoms with Crippen LogP contribution in [0, 0.1) is 6.92 Å². The van der Waals surface area contributed by atoms with Crippen LogP contribution in [0.4, 0.5) is 4.79 Å². The van der Waals surface area contributed by atoms with Gasteiger partial charge in [0.25, 0.3) is 0 Å². The van der Waals surface area contributed by atoms with Gasteiger partial charge >= 0.3 is 12.0 Å². The summed E-state index contributed by atoms with van der Waals surface area (Å²) in [5, 5.41) is 11.2. The van der Waals surface area contributed by atoms with Gasteiger partial charge in [0.05, 0.1) is 13.1 Å². The van der Waals surface area contributed by atoms with E-state index in [1.54, 1.807) is 6.92 Å². The van der Waals surface area contributed by atoms with Crippen molar-refractivity contribution in [2.75, 3.05) is 6.54 Å². The maximum Gasteiger partial charge on any atom is 0.372 e. The fraction of sp³-hybridized carbons (Fsp3) is 0.300.